The molecule has 0 saturated carbocycles. The maximum absolute atomic E-state index is 9.92. The highest BCUT2D eigenvalue weighted by atomic mass is 16.3. The lowest BCUT2D eigenvalue weighted by Gasteiger charge is -2.15. The van der Waals surface area contributed by atoms with Crippen LogP contribution in [0.25, 0.3) is 0 Å². The number of likely N-dealkylation sites (tertiary alicyclic amines) is 1. The molecule has 0 aromatic carbocycles. The molecule has 1 fully saturated rings. The first-order valence-electron chi connectivity index (χ1n) is 3.44. The van der Waals surface area contributed by atoms with Crippen LogP contribution in [0.5, 0.6) is 0 Å². The highest BCUT2D eigenvalue weighted by molar-refractivity contribution is 5.53. The van der Waals surface area contributed by atoms with E-state index in [1.807, 2.05) is 11.2 Å². The minimum atomic E-state index is -0.586. The number of β-amino-alcohol motifs (C(OH)–C–C–N with tert-alkyl or cyclic N) is 1. The first kappa shape index (κ1) is 7.69. The van der Waals surface area contributed by atoms with E-state index in [1.165, 1.54) is 0 Å². The van der Waals surface area contributed by atoms with Gasteiger partial charge >= 0.3 is 0 Å². The lowest BCUT2D eigenvalue weighted by Crippen LogP contribution is -2.30. The van der Waals surface area contributed by atoms with Crippen molar-refractivity contribution >= 4 is 6.29 Å². The van der Waals surface area contributed by atoms with Gasteiger partial charge in [0.1, 0.15) is 0 Å². The van der Waals surface area contributed by atoms with E-state index in [0.29, 0.717) is 13.1 Å². The zero-order chi connectivity index (χ0) is 7.61. The molecule has 0 amide bonds. The van der Waals surface area contributed by atoms with Gasteiger partial charge in [-0.15, -0.1) is 0 Å². The monoisotopic (exact) mass is 142 g/mol. The highest BCUT2D eigenvalue weighted by Gasteiger charge is 2.30. The minimum absolute atomic E-state index is 0.330. The first-order chi connectivity index (χ1) is 4.64. The van der Waals surface area contributed by atoms with Crippen LogP contribution in [0.15, 0.2) is 0 Å². The van der Waals surface area contributed by atoms with Crippen LogP contribution in [-0.4, -0.2) is 41.5 Å². The Morgan fingerprint density at radius 2 is 2.50 bits per heavy atom. The molecule has 3 nitrogen and oxygen atoms in total. The summed E-state index contributed by atoms with van der Waals surface area (Å²) in [6, 6.07) is 0. The standard InChI is InChI=1S/C7H12NO2/c1-7(10)2-3-8(6-7)4-5-9/h10H,2-4,6H2,1H3/t7-/m1/s1. The third-order valence-corrected chi connectivity index (χ3v) is 1.82. The van der Waals surface area contributed by atoms with E-state index >= 15 is 0 Å². The van der Waals surface area contributed by atoms with Crippen molar-refractivity contribution < 1.29 is 9.90 Å². The lowest BCUT2D eigenvalue weighted by atomic mass is 10.1. The van der Waals surface area contributed by atoms with Gasteiger partial charge in [-0.1, -0.05) is 0 Å². The van der Waals surface area contributed by atoms with Crippen LogP contribution in [0.4, 0.5) is 0 Å². The fourth-order valence-electron chi connectivity index (χ4n) is 1.27. The van der Waals surface area contributed by atoms with Gasteiger partial charge in [-0.3, -0.25) is 9.69 Å². The number of rotatable bonds is 2. The fraction of sp³-hybridized carbons (Fsp3) is 0.857. The molecular formula is C7H12NO2. The van der Waals surface area contributed by atoms with Crippen LogP contribution in [0.1, 0.15) is 13.3 Å². The molecule has 3 heteroatoms. The predicted molar refractivity (Wildman–Crippen MR) is 37.4 cm³/mol. The molecule has 0 aliphatic carbocycles. The highest BCUT2D eigenvalue weighted by Crippen LogP contribution is 2.18. The molecule has 1 atom stereocenters. The number of carbonyl (C=O) groups excluding carboxylic acids is 1. The largest absolute Gasteiger partial charge is 0.389 e. The number of aliphatic hydroxyl groups is 1. The molecule has 0 bridgehead atoms. The van der Waals surface area contributed by atoms with Gasteiger partial charge in [-0.2, -0.15) is 0 Å². The topological polar surface area (TPSA) is 40.5 Å². The van der Waals surface area contributed by atoms with Gasteiger partial charge in [-0.05, 0) is 13.3 Å². The Labute approximate surface area is 60.6 Å². The van der Waals surface area contributed by atoms with Gasteiger partial charge in [0.05, 0.1) is 12.1 Å². The summed E-state index contributed by atoms with van der Waals surface area (Å²) in [5.41, 5.74) is -0.586. The second-order valence-electron chi connectivity index (χ2n) is 3.10. The molecule has 0 unspecified atom stereocenters. The van der Waals surface area contributed by atoms with E-state index in [-0.39, 0.29) is 0 Å². The Kier molecular flexibility index (Phi) is 2.06. The number of hydrogen-bond donors (Lipinski definition) is 1. The average Bonchev–Trinajstić information content (AvgIpc) is 2.12. The summed E-state index contributed by atoms with van der Waals surface area (Å²) >= 11 is 0. The molecule has 1 heterocycles. The van der Waals surface area contributed by atoms with E-state index in [2.05, 4.69) is 0 Å². The molecular weight excluding hydrogens is 130 g/mol. The van der Waals surface area contributed by atoms with Crippen LogP contribution in [0, 0.1) is 0 Å². The van der Waals surface area contributed by atoms with Gasteiger partial charge in [0.2, 0.25) is 6.29 Å². The summed E-state index contributed by atoms with van der Waals surface area (Å²) in [5.74, 6) is 0. The minimum Gasteiger partial charge on any atom is -0.389 e. The fourth-order valence-corrected chi connectivity index (χ4v) is 1.27. The number of hydrogen-bond acceptors (Lipinski definition) is 3. The first-order valence-corrected chi connectivity index (χ1v) is 3.44. The Balaban J connectivity index is 2.35. The molecule has 1 rings (SSSR count). The zero-order valence-corrected chi connectivity index (χ0v) is 6.13. The molecule has 1 radical (unpaired) electrons. The summed E-state index contributed by atoms with van der Waals surface area (Å²) in [7, 11) is 0. The van der Waals surface area contributed by atoms with Crippen LogP contribution in [-0.2, 0) is 4.79 Å². The summed E-state index contributed by atoms with van der Waals surface area (Å²) in [5, 5.41) is 9.42. The molecule has 0 spiro atoms. The van der Waals surface area contributed by atoms with E-state index < -0.39 is 5.60 Å². The quantitative estimate of drug-likeness (QED) is 0.568. The molecule has 1 aliphatic heterocycles. The maximum Gasteiger partial charge on any atom is 0.213 e. The van der Waals surface area contributed by atoms with Crippen molar-refractivity contribution in [3.05, 3.63) is 0 Å². The molecule has 10 heavy (non-hydrogen) atoms. The van der Waals surface area contributed by atoms with Gasteiger partial charge in [0.25, 0.3) is 0 Å². The van der Waals surface area contributed by atoms with Gasteiger partial charge in [0.15, 0.2) is 0 Å². The van der Waals surface area contributed by atoms with Crippen molar-refractivity contribution in [1.29, 1.82) is 0 Å². The second-order valence-corrected chi connectivity index (χ2v) is 3.10. The van der Waals surface area contributed by atoms with Crippen molar-refractivity contribution in [2.75, 3.05) is 19.6 Å². The Hall–Kier alpha value is -0.410. The van der Waals surface area contributed by atoms with Crippen LogP contribution in [0.3, 0.4) is 0 Å². The smallest absolute Gasteiger partial charge is 0.213 e. The average molecular weight is 142 g/mol. The third kappa shape index (κ3) is 1.78. The predicted octanol–water partition coefficient (Wildman–Crippen LogP) is -0.447. The van der Waals surface area contributed by atoms with Crippen LogP contribution >= 0.6 is 0 Å². The molecule has 1 aliphatic rings. The maximum atomic E-state index is 9.92. The summed E-state index contributed by atoms with van der Waals surface area (Å²) in [6.07, 6.45) is 2.57. The van der Waals surface area contributed by atoms with E-state index in [1.54, 1.807) is 6.92 Å². The van der Waals surface area contributed by atoms with Crippen molar-refractivity contribution in [3.63, 3.8) is 0 Å². The van der Waals surface area contributed by atoms with Crippen molar-refractivity contribution in [1.82, 2.24) is 4.90 Å². The van der Waals surface area contributed by atoms with Crippen molar-refractivity contribution in [3.8, 4) is 0 Å². The second kappa shape index (κ2) is 2.68. The van der Waals surface area contributed by atoms with E-state index in [9.17, 15) is 9.90 Å². The molecule has 0 aromatic rings. The van der Waals surface area contributed by atoms with E-state index in [0.717, 1.165) is 13.0 Å². The summed E-state index contributed by atoms with van der Waals surface area (Å²) in [6.45, 7) is 3.53. The normalized spacial score (nSPS) is 34.6. The third-order valence-electron chi connectivity index (χ3n) is 1.82. The summed E-state index contributed by atoms with van der Waals surface area (Å²) in [4.78, 5) is 11.8. The van der Waals surface area contributed by atoms with Gasteiger partial charge in [-0.25, -0.2) is 0 Å². The summed E-state index contributed by atoms with van der Waals surface area (Å²) < 4.78 is 0. The van der Waals surface area contributed by atoms with Crippen LogP contribution < -0.4 is 0 Å². The van der Waals surface area contributed by atoms with Gasteiger partial charge < -0.3 is 5.11 Å². The van der Waals surface area contributed by atoms with Crippen molar-refractivity contribution in [2.45, 2.75) is 18.9 Å². The molecule has 57 valence electrons. The van der Waals surface area contributed by atoms with Gasteiger partial charge in [0, 0.05) is 13.1 Å². The Bertz CT molecular complexity index is 134. The zero-order valence-electron chi connectivity index (χ0n) is 6.13. The Morgan fingerprint density at radius 1 is 1.80 bits per heavy atom. The van der Waals surface area contributed by atoms with Crippen LogP contribution in [0.2, 0.25) is 0 Å². The van der Waals surface area contributed by atoms with Crippen molar-refractivity contribution in [2.24, 2.45) is 0 Å². The lowest BCUT2D eigenvalue weighted by molar-refractivity contribution is 0.0707. The molecule has 0 aromatic heterocycles. The number of nitrogens with zero attached hydrogens (tertiary/aromatic N) is 1. The molecule has 1 saturated heterocycles. The SMILES string of the molecule is C[C@@]1(O)CCN(C[C]=O)C1. The molecule has 1 N–H and O–H groups in total. The Morgan fingerprint density at radius 3 is 2.90 bits per heavy atom. The van der Waals surface area contributed by atoms with E-state index in [4.69, 9.17) is 0 Å².